The van der Waals surface area contributed by atoms with Gasteiger partial charge in [0.1, 0.15) is 5.82 Å². The second kappa shape index (κ2) is 9.40. The smallest absolute Gasteiger partial charge is 0.338 e. The lowest BCUT2D eigenvalue weighted by molar-refractivity contribution is -0.136. The number of esters is 1. The molecule has 0 spiro atoms. The lowest BCUT2D eigenvalue weighted by Crippen LogP contribution is -2.37. The van der Waals surface area contributed by atoms with E-state index in [0.29, 0.717) is 28.5 Å². The number of ether oxygens (including phenoxy) is 1. The van der Waals surface area contributed by atoms with Gasteiger partial charge in [0.15, 0.2) is 5.17 Å². The van der Waals surface area contributed by atoms with Gasteiger partial charge in [-0.1, -0.05) is 49.0 Å². The molecule has 2 heterocycles. The van der Waals surface area contributed by atoms with E-state index in [4.69, 9.17) is 9.73 Å². The molecular weight excluding hydrogens is 429 g/mol. The minimum atomic E-state index is -0.453. The molecule has 0 aliphatic carbocycles. The fourth-order valence-corrected chi connectivity index (χ4v) is 4.70. The number of anilines is 1. The molecule has 2 aromatic rings. The number of carbonyl (C=O) groups is 2. The Labute approximate surface area is 189 Å². The number of nitrogens with zero attached hydrogens (tertiary/aromatic N) is 2. The van der Waals surface area contributed by atoms with Crippen molar-refractivity contribution in [1.29, 1.82) is 0 Å². The van der Waals surface area contributed by atoms with Crippen molar-refractivity contribution in [1.82, 2.24) is 4.90 Å². The van der Waals surface area contributed by atoms with Gasteiger partial charge < -0.3 is 15.0 Å². The van der Waals surface area contributed by atoms with Crippen LogP contribution in [-0.4, -0.2) is 29.1 Å². The molecule has 1 unspecified atom stereocenters. The van der Waals surface area contributed by atoms with Crippen LogP contribution in [-0.2, 0) is 14.3 Å². The molecule has 8 heteroatoms. The molecule has 0 fully saturated rings. The Morgan fingerprint density at radius 1 is 1.16 bits per heavy atom. The highest BCUT2D eigenvalue weighted by atomic mass is 32.2. The van der Waals surface area contributed by atoms with Gasteiger partial charge in [-0.2, -0.15) is 0 Å². The lowest BCUT2D eigenvalue weighted by Gasteiger charge is -2.36. The van der Waals surface area contributed by atoms with Crippen molar-refractivity contribution in [3.05, 3.63) is 88.4 Å². The number of amidine groups is 1. The number of rotatable bonds is 6. The van der Waals surface area contributed by atoms with E-state index in [1.54, 1.807) is 0 Å². The number of halogens is 1. The molecule has 2 aliphatic heterocycles. The molecule has 0 radical (unpaired) electrons. The van der Waals surface area contributed by atoms with E-state index in [9.17, 15) is 14.0 Å². The predicted molar refractivity (Wildman–Crippen MR) is 123 cm³/mol. The van der Waals surface area contributed by atoms with Gasteiger partial charge in [-0.3, -0.25) is 4.79 Å². The SMILES string of the molecule is CCC1=C(C(=O)OC)C(c2ccccc2)N2C(CC(=O)Nc3ccc(F)cc3)=CSC2=N1. The summed E-state index contributed by atoms with van der Waals surface area (Å²) in [5.74, 6) is -1.06. The third-order valence-corrected chi connectivity index (χ3v) is 6.10. The van der Waals surface area contributed by atoms with Crippen LogP contribution >= 0.6 is 11.8 Å². The van der Waals surface area contributed by atoms with Gasteiger partial charge >= 0.3 is 5.97 Å². The highest BCUT2D eigenvalue weighted by Gasteiger charge is 2.41. The van der Waals surface area contributed by atoms with E-state index in [0.717, 1.165) is 11.3 Å². The second-order valence-corrected chi connectivity index (χ2v) is 8.08. The van der Waals surface area contributed by atoms with Gasteiger partial charge in [0, 0.05) is 11.4 Å². The molecule has 1 atom stereocenters. The summed E-state index contributed by atoms with van der Waals surface area (Å²) in [5.41, 5.74) is 3.28. The van der Waals surface area contributed by atoms with Crippen LogP contribution in [0.2, 0.25) is 0 Å². The van der Waals surface area contributed by atoms with Crippen LogP contribution in [0.3, 0.4) is 0 Å². The van der Waals surface area contributed by atoms with Crippen molar-refractivity contribution in [3.63, 3.8) is 0 Å². The topological polar surface area (TPSA) is 71.0 Å². The van der Waals surface area contributed by atoms with Crippen molar-refractivity contribution in [2.75, 3.05) is 12.4 Å². The van der Waals surface area contributed by atoms with Gasteiger partial charge in [-0.25, -0.2) is 14.2 Å². The zero-order chi connectivity index (χ0) is 22.7. The van der Waals surface area contributed by atoms with Crippen LogP contribution < -0.4 is 5.32 Å². The van der Waals surface area contributed by atoms with Gasteiger partial charge in [-0.05, 0) is 41.7 Å². The molecule has 0 saturated carbocycles. The number of hydrogen-bond acceptors (Lipinski definition) is 6. The normalized spacial score (nSPS) is 17.5. The summed E-state index contributed by atoms with van der Waals surface area (Å²) in [6, 6.07) is 14.8. The van der Waals surface area contributed by atoms with E-state index >= 15 is 0 Å². The second-order valence-electron chi connectivity index (χ2n) is 7.24. The van der Waals surface area contributed by atoms with Crippen molar-refractivity contribution >= 4 is 34.5 Å². The van der Waals surface area contributed by atoms with E-state index in [2.05, 4.69) is 5.32 Å². The first-order valence-corrected chi connectivity index (χ1v) is 11.0. The summed E-state index contributed by atoms with van der Waals surface area (Å²) in [5, 5.41) is 5.38. The Morgan fingerprint density at radius 3 is 2.53 bits per heavy atom. The number of fused-ring (bicyclic) bond motifs is 1. The summed E-state index contributed by atoms with van der Waals surface area (Å²) in [7, 11) is 1.36. The van der Waals surface area contributed by atoms with Crippen molar-refractivity contribution in [2.45, 2.75) is 25.8 Å². The number of allylic oxidation sites excluding steroid dienone is 1. The maximum absolute atomic E-state index is 13.1. The van der Waals surface area contributed by atoms with E-state index < -0.39 is 12.0 Å². The molecule has 1 N–H and O–H groups in total. The molecule has 2 aromatic carbocycles. The molecule has 164 valence electrons. The Hall–Kier alpha value is -3.39. The van der Waals surface area contributed by atoms with Gasteiger partial charge in [-0.15, -0.1) is 0 Å². The zero-order valence-corrected chi connectivity index (χ0v) is 18.5. The summed E-state index contributed by atoms with van der Waals surface area (Å²) in [4.78, 5) is 32.2. The van der Waals surface area contributed by atoms with Crippen molar-refractivity contribution in [3.8, 4) is 0 Å². The number of nitrogens with one attached hydrogen (secondary N) is 1. The molecule has 4 rings (SSSR count). The number of methoxy groups -OCH3 is 1. The fourth-order valence-electron chi connectivity index (χ4n) is 3.77. The zero-order valence-electron chi connectivity index (χ0n) is 17.7. The molecule has 0 bridgehead atoms. The first kappa shape index (κ1) is 21.8. The van der Waals surface area contributed by atoms with Crippen LogP contribution in [0, 0.1) is 5.82 Å². The summed E-state index contributed by atoms with van der Waals surface area (Å²) >= 11 is 1.42. The van der Waals surface area contributed by atoms with E-state index in [1.807, 2.05) is 47.6 Å². The molecule has 0 aromatic heterocycles. The Morgan fingerprint density at radius 2 is 1.88 bits per heavy atom. The third-order valence-electron chi connectivity index (χ3n) is 5.21. The third kappa shape index (κ3) is 4.31. The van der Waals surface area contributed by atoms with Crippen LogP contribution in [0.1, 0.15) is 31.4 Å². The Bertz CT molecular complexity index is 1130. The average Bonchev–Trinajstić information content (AvgIpc) is 3.21. The summed E-state index contributed by atoms with van der Waals surface area (Å²) in [6.07, 6.45) is 0.648. The molecule has 2 aliphatic rings. The molecule has 6 nitrogen and oxygen atoms in total. The molecule has 0 saturated heterocycles. The number of amides is 1. The highest BCUT2D eigenvalue weighted by molar-refractivity contribution is 8.16. The van der Waals surface area contributed by atoms with Crippen LogP contribution in [0.25, 0.3) is 0 Å². The molecule has 32 heavy (non-hydrogen) atoms. The maximum atomic E-state index is 13.1. The van der Waals surface area contributed by atoms with Gasteiger partial charge in [0.25, 0.3) is 0 Å². The van der Waals surface area contributed by atoms with E-state index in [-0.39, 0.29) is 18.1 Å². The fraction of sp³-hybridized carbons (Fsp3) is 0.208. The number of thioether (sulfide) groups is 1. The standard InChI is InChI=1S/C24H22FN3O3S/c1-3-19-21(23(30)31-2)22(15-7-5-4-6-8-15)28-18(14-32-24(28)27-19)13-20(29)26-17-11-9-16(25)10-12-17/h4-12,14,22H,3,13H2,1-2H3,(H,26,29). The maximum Gasteiger partial charge on any atom is 0.338 e. The summed E-state index contributed by atoms with van der Waals surface area (Å²) < 4.78 is 18.2. The van der Waals surface area contributed by atoms with Crippen LogP contribution in [0.15, 0.2) is 82.0 Å². The van der Waals surface area contributed by atoms with Gasteiger partial charge in [0.2, 0.25) is 5.91 Å². The quantitative estimate of drug-likeness (QED) is 0.627. The minimum Gasteiger partial charge on any atom is -0.466 e. The van der Waals surface area contributed by atoms with Crippen molar-refractivity contribution in [2.24, 2.45) is 4.99 Å². The molecule has 1 amide bonds. The number of carbonyl (C=O) groups excluding carboxylic acids is 2. The predicted octanol–water partition coefficient (Wildman–Crippen LogP) is 4.99. The van der Waals surface area contributed by atoms with Crippen LogP contribution in [0.4, 0.5) is 10.1 Å². The number of benzene rings is 2. The lowest BCUT2D eigenvalue weighted by atomic mass is 9.93. The largest absolute Gasteiger partial charge is 0.466 e. The first-order valence-electron chi connectivity index (χ1n) is 10.2. The Balaban J connectivity index is 1.66. The minimum absolute atomic E-state index is 0.0721. The highest BCUT2D eigenvalue weighted by Crippen LogP contribution is 2.45. The van der Waals surface area contributed by atoms with Gasteiger partial charge in [0.05, 0.1) is 30.8 Å². The number of aliphatic imine (C=N–C) groups is 1. The first-order chi connectivity index (χ1) is 15.5. The monoisotopic (exact) mass is 451 g/mol. The molecular formula is C24H22FN3O3S. The summed E-state index contributed by atoms with van der Waals surface area (Å²) in [6.45, 7) is 1.95. The number of hydrogen-bond donors (Lipinski definition) is 1. The average molecular weight is 452 g/mol. The Kier molecular flexibility index (Phi) is 6.41. The van der Waals surface area contributed by atoms with Crippen LogP contribution in [0.5, 0.6) is 0 Å². The van der Waals surface area contributed by atoms with E-state index in [1.165, 1.54) is 43.1 Å². The van der Waals surface area contributed by atoms with Crippen molar-refractivity contribution < 1.29 is 18.7 Å².